The van der Waals surface area contributed by atoms with Crippen LogP contribution >= 0.6 is 27.3 Å². The third kappa shape index (κ3) is 4.07. The second-order valence-electron chi connectivity index (χ2n) is 4.84. The number of carbonyl (C=O) groups excluding carboxylic acids is 1. The van der Waals surface area contributed by atoms with Crippen molar-refractivity contribution in [3.05, 3.63) is 20.8 Å². The summed E-state index contributed by atoms with van der Waals surface area (Å²) in [4.78, 5) is 13.8. The third-order valence-electron chi connectivity index (χ3n) is 3.34. The van der Waals surface area contributed by atoms with Gasteiger partial charge in [0.1, 0.15) is 0 Å². The van der Waals surface area contributed by atoms with Crippen molar-refractivity contribution in [3.8, 4) is 0 Å². The first-order valence-corrected chi connectivity index (χ1v) is 8.02. The van der Waals surface area contributed by atoms with Crippen LogP contribution in [0, 0.1) is 0 Å². The minimum absolute atomic E-state index is 0.242. The minimum Gasteiger partial charge on any atom is -0.341 e. The van der Waals surface area contributed by atoms with Crippen molar-refractivity contribution in [1.82, 2.24) is 10.2 Å². The maximum atomic E-state index is 12.0. The lowest BCUT2D eigenvalue weighted by atomic mass is 10.1. The van der Waals surface area contributed by atoms with E-state index >= 15 is 0 Å². The Bertz CT molecular complexity index is 401. The molecule has 0 bridgehead atoms. The number of nitrogens with zero attached hydrogens (tertiary/aromatic N) is 1. The SMILES string of the molecule is CN(Cc1csc(Br)c1)C(=O)CCC1CCCN1. The molecule has 3 nitrogen and oxygen atoms in total. The Morgan fingerprint density at radius 1 is 1.67 bits per heavy atom. The molecular weight excluding hydrogens is 312 g/mol. The smallest absolute Gasteiger partial charge is 0.222 e. The molecule has 1 fully saturated rings. The number of hydrogen-bond donors (Lipinski definition) is 1. The van der Waals surface area contributed by atoms with Crippen molar-refractivity contribution in [2.45, 2.75) is 38.3 Å². The molecule has 2 rings (SSSR count). The summed E-state index contributed by atoms with van der Waals surface area (Å²) in [5.74, 6) is 0.242. The molecule has 1 aromatic rings. The quantitative estimate of drug-likeness (QED) is 0.900. The van der Waals surface area contributed by atoms with Crippen LogP contribution in [0.3, 0.4) is 0 Å². The predicted octanol–water partition coefficient (Wildman–Crippen LogP) is 3.00. The molecule has 2 heterocycles. The van der Waals surface area contributed by atoms with Crippen molar-refractivity contribution in [1.29, 1.82) is 0 Å². The zero-order chi connectivity index (χ0) is 13.0. The Labute approximate surface area is 121 Å². The molecule has 1 aliphatic heterocycles. The molecule has 0 saturated carbocycles. The standard InChI is InChI=1S/C13H19BrN2OS/c1-16(8-10-7-12(14)18-9-10)13(17)5-4-11-3-2-6-15-11/h7,9,11,15H,2-6,8H2,1H3. The van der Waals surface area contributed by atoms with E-state index in [-0.39, 0.29) is 5.91 Å². The fraction of sp³-hybridized carbons (Fsp3) is 0.615. The first-order chi connectivity index (χ1) is 8.65. The van der Waals surface area contributed by atoms with Gasteiger partial charge < -0.3 is 10.2 Å². The summed E-state index contributed by atoms with van der Waals surface area (Å²) in [5.41, 5.74) is 1.20. The van der Waals surface area contributed by atoms with Crippen molar-refractivity contribution in [2.24, 2.45) is 0 Å². The first kappa shape index (κ1) is 14.0. The number of thiophene rings is 1. The average molecular weight is 331 g/mol. The van der Waals surface area contributed by atoms with Crippen LogP contribution in [0.2, 0.25) is 0 Å². The molecule has 1 unspecified atom stereocenters. The van der Waals surface area contributed by atoms with Crippen LogP contribution in [-0.4, -0.2) is 30.4 Å². The molecule has 0 aromatic carbocycles. The van der Waals surface area contributed by atoms with Crippen LogP contribution in [0.25, 0.3) is 0 Å². The zero-order valence-corrected chi connectivity index (χ0v) is 13.0. The second-order valence-corrected chi connectivity index (χ2v) is 7.13. The Morgan fingerprint density at radius 3 is 3.11 bits per heavy atom. The zero-order valence-electron chi connectivity index (χ0n) is 10.6. The largest absolute Gasteiger partial charge is 0.341 e. The number of nitrogens with one attached hydrogen (secondary N) is 1. The van der Waals surface area contributed by atoms with E-state index in [1.54, 1.807) is 11.3 Å². The number of halogens is 1. The fourth-order valence-electron chi connectivity index (χ4n) is 2.28. The molecule has 0 radical (unpaired) electrons. The lowest BCUT2D eigenvalue weighted by Crippen LogP contribution is -2.28. The molecule has 100 valence electrons. The predicted molar refractivity (Wildman–Crippen MR) is 78.8 cm³/mol. The topological polar surface area (TPSA) is 32.3 Å². The minimum atomic E-state index is 0.242. The van der Waals surface area contributed by atoms with Crippen LogP contribution < -0.4 is 5.32 Å². The van der Waals surface area contributed by atoms with Gasteiger partial charge in [0.05, 0.1) is 3.79 Å². The van der Waals surface area contributed by atoms with Crippen LogP contribution in [0.4, 0.5) is 0 Å². The molecule has 1 aromatic heterocycles. The summed E-state index contributed by atoms with van der Waals surface area (Å²) >= 11 is 5.10. The molecule has 0 spiro atoms. The van der Waals surface area contributed by atoms with E-state index in [9.17, 15) is 4.79 Å². The summed E-state index contributed by atoms with van der Waals surface area (Å²) in [5, 5.41) is 5.52. The highest BCUT2D eigenvalue weighted by molar-refractivity contribution is 9.11. The van der Waals surface area contributed by atoms with E-state index in [2.05, 4.69) is 32.7 Å². The van der Waals surface area contributed by atoms with Gasteiger partial charge in [-0.1, -0.05) is 0 Å². The summed E-state index contributed by atoms with van der Waals surface area (Å²) in [6.45, 7) is 1.82. The summed E-state index contributed by atoms with van der Waals surface area (Å²) in [7, 11) is 1.88. The van der Waals surface area contributed by atoms with Gasteiger partial charge in [-0.3, -0.25) is 4.79 Å². The fourth-order valence-corrected chi connectivity index (χ4v) is 3.48. The second kappa shape index (κ2) is 6.68. The molecule has 1 aliphatic rings. The lowest BCUT2D eigenvalue weighted by Gasteiger charge is -2.17. The van der Waals surface area contributed by atoms with E-state index in [0.29, 0.717) is 19.0 Å². The van der Waals surface area contributed by atoms with Gasteiger partial charge in [-0.05, 0) is 58.7 Å². The van der Waals surface area contributed by atoms with E-state index in [4.69, 9.17) is 0 Å². The van der Waals surface area contributed by atoms with Crippen molar-refractivity contribution >= 4 is 33.2 Å². The van der Waals surface area contributed by atoms with E-state index in [0.717, 1.165) is 16.8 Å². The van der Waals surface area contributed by atoms with Crippen LogP contribution in [0.5, 0.6) is 0 Å². The van der Waals surface area contributed by atoms with Gasteiger partial charge >= 0.3 is 0 Å². The molecule has 1 atom stereocenters. The first-order valence-electron chi connectivity index (χ1n) is 6.35. The van der Waals surface area contributed by atoms with Crippen molar-refractivity contribution in [2.75, 3.05) is 13.6 Å². The van der Waals surface area contributed by atoms with E-state index in [1.165, 1.54) is 18.4 Å². The number of carbonyl (C=O) groups is 1. The highest BCUT2D eigenvalue weighted by Crippen LogP contribution is 2.21. The number of amides is 1. The maximum absolute atomic E-state index is 12.0. The monoisotopic (exact) mass is 330 g/mol. The summed E-state index contributed by atoms with van der Waals surface area (Å²) in [6.07, 6.45) is 4.09. The Kier molecular flexibility index (Phi) is 5.21. The van der Waals surface area contributed by atoms with Crippen LogP contribution in [0.15, 0.2) is 15.2 Å². The van der Waals surface area contributed by atoms with Gasteiger partial charge in [0.15, 0.2) is 0 Å². The highest BCUT2D eigenvalue weighted by Gasteiger charge is 2.17. The van der Waals surface area contributed by atoms with Gasteiger partial charge in [-0.15, -0.1) is 11.3 Å². The normalized spacial score (nSPS) is 19.1. The summed E-state index contributed by atoms with van der Waals surface area (Å²) < 4.78 is 1.12. The average Bonchev–Trinajstić information content (AvgIpc) is 2.97. The van der Waals surface area contributed by atoms with Gasteiger partial charge in [-0.25, -0.2) is 0 Å². The molecular formula is C13H19BrN2OS. The molecule has 1 amide bonds. The maximum Gasteiger partial charge on any atom is 0.222 e. The molecule has 0 aliphatic carbocycles. The van der Waals surface area contributed by atoms with Gasteiger partial charge in [0.25, 0.3) is 0 Å². The molecule has 1 N–H and O–H groups in total. The Morgan fingerprint density at radius 2 is 2.50 bits per heavy atom. The van der Waals surface area contributed by atoms with Crippen LogP contribution in [0.1, 0.15) is 31.2 Å². The van der Waals surface area contributed by atoms with E-state index in [1.807, 2.05) is 11.9 Å². The van der Waals surface area contributed by atoms with Crippen molar-refractivity contribution in [3.63, 3.8) is 0 Å². The number of hydrogen-bond acceptors (Lipinski definition) is 3. The van der Waals surface area contributed by atoms with Gasteiger partial charge in [0.2, 0.25) is 5.91 Å². The Balaban J connectivity index is 1.74. The van der Waals surface area contributed by atoms with Crippen LogP contribution in [-0.2, 0) is 11.3 Å². The molecule has 5 heteroatoms. The highest BCUT2D eigenvalue weighted by atomic mass is 79.9. The third-order valence-corrected chi connectivity index (χ3v) is 4.89. The van der Waals surface area contributed by atoms with Gasteiger partial charge in [0, 0.05) is 26.1 Å². The Hall–Kier alpha value is -0.390. The van der Waals surface area contributed by atoms with Gasteiger partial charge in [-0.2, -0.15) is 0 Å². The lowest BCUT2D eigenvalue weighted by molar-refractivity contribution is -0.130. The molecule has 1 saturated heterocycles. The van der Waals surface area contributed by atoms with E-state index < -0.39 is 0 Å². The number of rotatable bonds is 5. The summed E-state index contributed by atoms with van der Waals surface area (Å²) in [6, 6.07) is 2.63. The van der Waals surface area contributed by atoms with Crippen molar-refractivity contribution < 1.29 is 4.79 Å². The molecule has 18 heavy (non-hydrogen) atoms.